The average Bonchev–Trinajstić information content (AvgIpc) is 2.40. The molecule has 0 amide bonds. The molecule has 2 aromatic rings. The van der Waals surface area contributed by atoms with E-state index < -0.39 is 0 Å². The van der Waals surface area contributed by atoms with Gasteiger partial charge in [0.2, 0.25) is 0 Å². The number of hydrogen-bond donors (Lipinski definition) is 1. The topological polar surface area (TPSA) is 24.9 Å². The largest absolute Gasteiger partial charge is 0.310 e. The van der Waals surface area contributed by atoms with Gasteiger partial charge in [-0.3, -0.25) is 0 Å². The van der Waals surface area contributed by atoms with Gasteiger partial charge in [-0.25, -0.2) is 4.98 Å². The first-order chi connectivity index (χ1) is 9.19. The van der Waals surface area contributed by atoms with Gasteiger partial charge in [0, 0.05) is 17.1 Å². The van der Waals surface area contributed by atoms with Gasteiger partial charge in [0.05, 0.1) is 0 Å². The van der Waals surface area contributed by atoms with Crippen molar-refractivity contribution in [3.05, 3.63) is 53.7 Å². The van der Waals surface area contributed by atoms with Gasteiger partial charge in [-0.15, -0.1) is 0 Å². The highest BCUT2D eigenvalue weighted by atomic mass is 32.2. The van der Waals surface area contributed by atoms with E-state index >= 15 is 0 Å². The molecule has 1 N–H and O–H groups in total. The molecular weight excluding hydrogens is 252 g/mol. The molecule has 0 aliphatic carbocycles. The quantitative estimate of drug-likeness (QED) is 0.882. The Morgan fingerprint density at radius 1 is 1.26 bits per heavy atom. The summed E-state index contributed by atoms with van der Waals surface area (Å²) in [4.78, 5) is 5.77. The van der Waals surface area contributed by atoms with Gasteiger partial charge in [-0.1, -0.05) is 42.4 Å². The van der Waals surface area contributed by atoms with Crippen molar-refractivity contribution < 1.29 is 0 Å². The predicted octanol–water partition coefficient (Wildman–Crippen LogP) is 4.21. The number of aromatic nitrogens is 1. The van der Waals surface area contributed by atoms with Gasteiger partial charge in [0.15, 0.2) is 0 Å². The minimum atomic E-state index is 0.357. The van der Waals surface area contributed by atoms with E-state index in [0.717, 1.165) is 11.6 Å². The molecule has 0 saturated heterocycles. The Hall–Kier alpha value is -1.32. The molecule has 1 unspecified atom stereocenters. The van der Waals surface area contributed by atoms with E-state index in [4.69, 9.17) is 0 Å². The molecule has 100 valence electrons. The summed E-state index contributed by atoms with van der Waals surface area (Å²) in [6, 6.07) is 13.1. The van der Waals surface area contributed by atoms with Crippen LogP contribution in [-0.4, -0.2) is 11.5 Å². The highest BCUT2D eigenvalue weighted by Crippen LogP contribution is 2.27. The van der Waals surface area contributed by atoms with E-state index in [2.05, 4.69) is 67.5 Å². The summed E-state index contributed by atoms with van der Waals surface area (Å²) in [6.07, 6.45) is 1.96. The smallest absolute Gasteiger partial charge is 0.101 e. The summed E-state index contributed by atoms with van der Waals surface area (Å²) in [5.41, 5.74) is 2.51. The first-order valence-corrected chi connectivity index (χ1v) is 7.44. The molecular formula is C16H20N2S. The van der Waals surface area contributed by atoms with Crippen LogP contribution in [-0.2, 0) is 0 Å². The number of aryl methyl sites for hydroxylation is 1. The Kier molecular flexibility index (Phi) is 5.00. The highest BCUT2D eigenvalue weighted by Gasteiger charge is 2.05. The minimum Gasteiger partial charge on any atom is -0.310 e. The molecule has 0 aliphatic heterocycles. The molecule has 1 atom stereocenters. The Morgan fingerprint density at radius 2 is 2.11 bits per heavy atom. The van der Waals surface area contributed by atoms with Gasteiger partial charge in [-0.05, 0) is 44.2 Å². The van der Waals surface area contributed by atoms with E-state index in [9.17, 15) is 0 Å². The fraction of sp³-hybridized carbons (Fsp3) is 0.312. The van der Waals surface area contributed by atoms with E-state index in [1.54, 1.807) is 11.8 Å². The summed E-state index contributed by atoms with van der Waals surface area (Å²) in [5, 5.41) is 4.43. The Morgan fingerprint density at radius 3 is 2.74 bits per heavy atom. The van der Waals surface area contributed by atoms with Crippen LogP contribution >= 0.6 is 11.8 Å². The molecule has 2 rings (SSSR count). The molecule has 1 aromatic heterocycles. The first-order valence-electron chi connectivity index (χ1n) is 6.63. The zero-order chi connectivity index (χ0) is 13.7. The van der Waals surface area contributed by atoms with Crippen molar-refractivity contribution in [2.75, 3.05) is 6.54 Å². The van der Waals surface area contributed by atoms with Crippen LogP contribution in [0.4, 0.5) is 0 Å². The second-order valence-electron chi connectivity index (χ2n) is 4.63. The van der Waals surface area contributed by atoms with Gasteiger partial charge in [0.25, 0.3) is 0 Å². The summed E-state index contributed by atoms with van der Waals surface area (Å²) >= 11 is 1.70. The van der Waals surface area contributed by atoms with Crippen LogP contribution in [0.3, 0.4) is 0 Å². The molecule has 3 heteroatoms. The Balaban J connectivity index is 2.06. The van der Waals surface area contributed by atoms with Crippen LogP contribution in [0.5, 0.6) is 0 Å². The number of hydrogen-bond acceptors (Lipinski definition) is 3. The molecule has 2 nitrogen and oxygen atoms in total. The monoisotopic (exact) mass is 272 g/mol. The first kappa shape index (κ1) is 14.1. The van der Waals surface area contributed by atoms with Crippen molar-refractivity contribution >= 4 is 11.8 Å². The number of nitrogens with zero attached hydrogens (tertiary/aromatic N) is 1. The van der Waals surface area contributed by atoms with Crippen LogP contribution in [0.2, 0.25) is 0 Å². The number of benzene rings is 1. The standard InChI is InChI=1S/C16H20N2S/c1-4-17-13(3)14-8-9-16(18-11-14)19-15-7-5-6-12(2)10-15/h5-11,13,17H,4H2,1-3H3. The van der Waals surface area contributed by atoms with Crippen molar-refractivity contribution in [2.45, 2.75) is 36.7 Å². The number of rotatable bonds is 5. The SMILES string of the molecule is CCNC(C)c1ccc(Sc2cccc(C)c2)nc1. The molecule has 0 aliphatic rings. The van der Waals surface area contributed by atoms with Crippen LogP contribution in [0.15, 0.2) is 52.5 Å². The van der Waals surface area contributed by atoms with Gasteiger partial charge in [0.1, 0.15) is 5.03 Å². The third kappa shape index (κ3) is 4.08. The van der Waals surface area contributed by atoms with Crippen molar-refractivity contribution in [1.29, 1.82) is 0 Å². The highest BCUT2D eigenvalue weighted by molar-refractivity contribution is 7.99. The maximum absolute atomic E-state index is 4.53. The van der Waals surface area contributed by atoms with Crippen molar-refractivity contribution in [3.63, 3.8) is 0 Å². The molecule has 0 saturated carbocycles. The Labute approximate surface area is 119 Å². The van der Waals surface area contributed by atoms with Crippen molar-refractivity contribution in [1.82, 2.24) is 10.3 Å². The lowest BCUT2D eigenvalue weighted by Gasteiger charge is -2.12. The molecule has 19 heavy (non-hydrogen) atoms. The lowest BCUT2D eigenvalue weighted by molar-refractivity contribution is 0.595. The molecule has 0 spiro atoms. The van der Waals surface area contributed by atoms with E-state index in [1.165, 1.54) is 16.0 Å². The van der Waals surface area contributed by atoms with Crippen LogP contribution in [0.1, 0.15) is 31.0 Å². The van der Waals surface area contributed by atoms with Crippen molar-refractivity contribution in [2.24, 2.45) is 0 Å². The van der Waals surface area contributed by atoms with Gasteiger partial charge >= 0.3 is 0 Å². The maximum Gasteiger partial charge on any atom is 0.101 e. The number of nitrogens with one attached hydrogen (secondary N) is 1. The summed E-state index contributed by atoms with van der Waals surface area (Å²) in [5.74, 6) is 0. The van der Waals surface area contributed by atoms with E-state index in [-0.39, 0.29) is 0 Å². The molecule has 0 bridgehead atoms. The van der Waals surface area contributed by atoms with Gasteiger partial charge < -0.3 is 5.32 Å². The summed E-state index contributed by atoms with van der Waals surface area (Å²) in [7, 11) is 0. The molecule has 1 aromatic carbocycles. The average molecular weight is 272 g/mol. The van der Waals surface area contributed by atoms with Gasteiger partial charge in [-0.2, -0.15) is 0 Å². The third-order valence-electron chi connectivity index (χ3n) is 2.98. The fourth-order valence-electron chi connectivity index (χ4n) is 1.93. The normalized spacial score (nSPS) is 12.4. The predicted molar refractivity (Wildman–Crippen MR) is 81.6 cm³/mol. The minimum absolute atomic E-state index is 0.357. The summed E-state index contributed by atoms with van der Waals surface area (Å²) in [6.45, 7) is 7.36. The molecule has 0 radical (unpaired) electrons. The molecule has 0 fully saturated rings. The van der Waals surface area contributed by atoms with Crippen LogP contribution in [0, 0.1) is 6.92 Å². The second kappa shape index (κ2) is 6.73. The van der Waals surface area contributed by atoms with E-state index in [0.29, 0.717) is 6.04 Å². The second-order valence-corrected chi connectivity index (χ2v) is 5.72. The lowest BCUT2D eigenvalue weighted by atomic mass is 10.1. The zero-order valence-electron chi connectivity index (χ0n) is 11.7. The Bertz CT molecular complexity index is 523. The summed E-state index contributed by atoms with van der Waals surface area (Å²) < 4.78 is 0. The lowest BCUT2D eigenvalue weighted by Crippen LogP contribution is -2.17. The van der Waals surface area contributed by atoms with Crippen LogP contribution < -0.4 is 5.32 Å². The van der Waals surface area contributed by atoms with Crippen LogP contribution in [0.25, 0.3) is 0 Å². The third-order valence-corrected chi connectivity index (χ3v) is 3.92. The molecule has 1 heterocycles. The fourth-order valence-corrected chi connectivity index (χ4v) is 2.81. The number of pyridine rings is 1. The zero-order valence-corrected chi connectivity index (χ0v) is 12.5. The van der Waals surface area contributed by atoms with Crippen molar-refractivity contribution in [3.8, 4) is 0 Å². The maximum atomic E-state index is 4.53. The van der Waals surface area contributed by atoms with E-state index in [1.807, 2.05) is 6.20 Å².